The molecule has 2 fully saturated rings. The highest BCUT2D eigenvalue weighted by molar-refractivity contribution is 5.69. The van der Waals surface area contributed by atoms with Gasteiger partial charge >= 0.3 is 12.1 Å². The Morgan fingerprint density at radius 3 is 2.73 bits per heavy atom. The Hall–Kier alpha value is -3.62. The highest BCUT2D eigenvalue weighted by Gasteiger charge is 2.36. The van der Waals surface area contributed by atoms with E-state index in [-0.39, 0.29) is 18.6 Å². The topological polar surface area (TPSA) is 107 Å². The van der Waals surface area contributed by atoms with Gasteiger partial charge in [0.2, 0.25) is 0 Å². The zero-order valence-corrected chi connectivity index (χ0v) is 26.5. The minimum absolute atomic E-state index is 0.218. The van der Waals surface area contributed by atoms with Crippen LogP contribution >= 0.6 is 0 Å². The van der Waals surface area contributed by atoms with Crippen LogP contribution in [0.1, 0.15) is 62.4 Å². The molecule has 2 atom stereocenters. The maximum Gasteiger partial charge on any atom is 0.410 e. The smallest absolute Gasteiger partial charge is 0.410 e. The number of likely N-dealkylation sites (N-methyl/N-ethyl adjacent to an activating group) is 1. The minimum atomic E-state index is -0.604. The number of likely N-dealkylation sites (tertiary alicyclic amines) is 1. The van der Waals surface area contributed by atoms with Crippen molar-refractivity contribution in [2.75, 3.05) is 62.8 Å². The first-order valence-electron chi connectivity index (χ1n) is 16.0. The number of nitrogens with zero attached hydrogens (tertiary/aromatic N) is 7. The number of ether oxygens (including phenoxy) is 3. The van der Waals surface area contributed by atoms with Gasteiger partial charge in [-0.3, -0.25) is 0 Å². The predicted octanol–water partition coefficient (Wildman–Crippen LogP) is 3.92. The van der Waals surface area contributed by atoms with Crippen LogP contribution in [0.4, 0.5) is 16.3 Å². The summed E-state index contributed by atoms with van der Waals surface area (Å²) in [4.78, 5) is 31.7. The summed E-state index contributed by atoms with van der Waals surface area (Å²) in [6.07, 6.45) is 3.84. The normalized spacial score (nSPS) is 22.3. The van der Waals surface area contributed by atoms with Gasteiger partial charge in [0.1, 0.15) is 18.0 Å². The Labute approximate surface area is 260 Å². The quantitative estimate of drug-likeness (QED) is 0.482. The molecule has 11 heteroatoms. The van der Waals surface area contributed by atoms with E-state index in [2.05, 4.69) is 46.0 Å². The number of anilines is 2. The Morgan fingerprint density at radius 1 is 1.09 bits per heavy atom. The Bertz CT molecular complexity index is 1400. The zero-order valence-electron chi connectivity index (χ0n) is 26.5. The number of aromatic nitrogens is 2. The summed E-state index contributed by atoms with van der Waals surface area (Å²) in [5.74, 6) is 0.856. The van der Waals surface area contributed by atoms with E-state index in [1.807, 2.05) is 20.8 Å². The lowest BCUT2D eigenvalue weighted by Gasteiger charge is -2.42. The molecule has 0 spiro atoms. The maximum atomic E-state index is 13.1. The van der Waals surface area contributed by atoms with Gasteiger partial charge in [-0.1, -0.05) is 12.1 Å². The molecule has 2 aromatic rings. The number of amides is 1. The molecular formula is C33H45N7O4. The molecule has 0 aliphatic carbocycles. The molecule has 1 aromatic carbocycles. The fourth-order valence-electron chi connectivity index (χ4n) is 6.84. The average molecular weight is 604 g/mol. The Morgan fingerprint density at radius 2 is 1.95 bits per heavy atom. The van der Waals surface area contributed by atoms with Gasteiger partial charge in [-0.15, -0.1) is 0 Å². The van der Waals surface area contributed by atoms with E-state index in [9.17, 15) is 10.1 Å². The van der Waals surface area contributed by atoms with Crippen molar-refractivity contribution in [2.45, 2.75) is 83.7 Å². The zero-order chi connectivity index (χ0) is 30.8. The minimum Gasteiger partial charge on any atom is -0.462 e. The molecule has 0 radical (unpaired) electrons. The van der Waals surface area contributed by atoms with Gasteiger partial charge in [-0.25, -0.2) is 4.79 Å². The summed E-state index contributed by atoms with van der Waals surface area (Å²) in [5.41, 5.74) is 5.33. The number of nitriles is 1. The first-order chi connectivity index (χ1) is 21.2. The standard InChI is InChI=1S/C33H45N7O4/c1-33(2,3)44-32(41)40-17-16-39(19-24(40)10-13-34)30-26-11-15-38(29-9-5-7-23-12-18-42-22-27(23)29)20-28(26)35-31(36-30)43-21-25-8-6-14-37(25)4/h5,7,9,24-25H,6,8,10-12,14-22H2,1-4H3/t24-,25-/m0/s1. The third-order valence-corrected chi connectivity index (χ3v) is 9.19. The van der Waals surface area contributed by atoms with Crippen LogP contribution in [0.3, 0.4) is 0 Å². The van der Waals surface area contributed by atoms with Crippen molar-refractivity contribution in [1.29, 1.82) is 5.26 Å². The number of piperazine rings is 1. The number of rotatable bonds is 6. The fraction of sp³-hybridized carbons (Fsp3) is 0.636. The van der Waals surface area contributed by atoms with Gasteiger partial charge in [-0.2, -0.15) is 15.2 Å². The van der Waals surface area contributed by atoms with Gasteiger partial charge in [0.15, 0.2) is 0 Å². The average Bonchev–Trinajstić information content (AvgIpc) is 3.42. The van der Waals surface area contributed by atoms with E-state index in [1.165, 1.54) is 23.2 Å². The van der Waals surface area contributed by atoms with Gasteiger partial charge in [0.25, 0.3) is 0 Å². The molecular weight excluding hydrogens is 558 g/mol. The number of carbonyl (C=O) groups is 1. The van der Waals surface area contributed by atoms with Crippen molar-refractivity contribution in [1.82, 2.24) is 19.8 Å². The second kappa shape index (κ2) is 12.8. The second-order valence-electron chi connectivity index (χ2n) is 13.4. The number of fused-ring (bicyclic) bond motifs is 2. The molecule has 6 rings (SSSR count). The van der Waals surface area contributed by atoms with Gasteiger partial charge in [0, 0.05) is 49.0 Å². The first kappa shape index (κ1) is 30.4. The van der Waals surface area contributed by atoms with Crippen LogP contribution in [0, 0.1) is 11.3 Å². The molecule has 4 aliphatic rings. The van der Waals surface area contributed by atoms with Crippen molar-refractivity contribution >= 4 is 17.6 Å². The van der Waals surface area contributed by atoms with E-state index in [0.717, 1.165) is 56.0 Å². The molecule has 4 aliphatic heterocycles. The molecule has 5 heterocycles. The third-order valence-electron chi connectivity index (χ3n) is 9.19. The number of hydrogen-bond acceptors (Lipinski definition) is 10. The summed E-state index contributed by atoms with van der Waals surface area (Å²) in [5, 5.41) is 9.65. The van der Waals surface area contributed by atoms with Gasteiger partial charge in [-0.05, 0) is 71.7 Å². The molecule has 0 bridgehead atoms. The Balaban J connectivity index is 1.29. The van der Waals surface area contributed by atoms with E-state index in [0.29, 0.717) is 51.4 Å². The molecule has 11 nitrogen and oxygen atoms in total. The molecule has 44 heavy (non-hydrogen) atoms. The van der Waals surface area contributed by atoms with E-state index >= 15 is 0 Å². The highest BCUT2D eigenvalue weighted by Crippen LogP contribution is 2.35. The van der Waals surface area contributed by atoms with Crippen LogP contribution in [0.15, 0.2) is 18.2 Å². The van der Waals surface area contributed by atoms with Crippen LogP contribution in [-0.2, 0) is 35.5 Å². The number of benzene rings is 1. The van der Waals surface area contributed by atoms with Crippen molar-refractivity contribution in [3.05, 3.63) is 40.6 Å². The SMILES string of the molecule is CN1CCC[C@H]1COc1nc2c(c(N3CCN(C(=O)OC(C)(C)C)[C@@H](CC#N)C3)n1)CCN(c1cccc3c1COCC3)C2. The fourth-order valence-corrected chi connectivity index (χ4v) is 6.84. The van der Waals surface area contributed by atoms with E-state index in [4.69, 9.17) is 24.2 Å². The van der Waals surface area contributed by atoms with Crippen LogP contribution in [0.5, 0.6) is 6.01 Å². The Kier molecular flexibility index (Phi) is 8.83. The first-order valence-corrected chi connectivity index (χ1v) is 16.0. The summed E-state index contributed by atoms with van der Waals surface area (Å²) >= 11 is 0. The van der Waals surface area contributed by atoms with E-state index in [1.54, 1.807) is 4.90 Å². The summed E-state index contributed by atoms with van der Waals surface area (Å²) in [6, 6.07) is 9.26. The van der Waals surface area contributed by atoms with Crippen LogP contribution in [-0.4, -0.2) is 96.5 Å². The molecule has 0 saturated carbocycles. The van der Waals surface area contributed by atoms with Crippen molar-refractivity contribution < 1.29 is 19.0 Å². The van der Waals surface area contributed by atoms with Crippen molar-refractivity contribution in [3.63, 3.8) is 0 Å². The molecule has 2 saturated heterocycles. The lowest BCUT2D eigenvalue weighted by Crippen LogP contribution is -2.56. The van der Waals surface area contributed by atoms with Crippen LogP contribution in [0.2, 0.25) is 0 Å². The third kappa shape index (κ3) is 6.57. The molecule has 0 N–H and O–H groups in total. The number of carbonyl (C=O) groups excluding carboxylic acids is 1. The largest absolute Gasteiger partial charge is 0.462 e. The molecule has 1 aromatic heterocycles. The summed E-state index contributed by atoms with van der Waals surface area (Å²) in [6.45, 7) is 11.6. The summed E-state index contributed by atoms with van der Waals surface area (Å²) < 4.78 is 17.8. The van der Waals surface area contributed by atoms with Gasteiger partial charge < -0.3 is 33.8 Å². The predicted molar refractivity (Wildman–Crippen MR) is 167 cm³/mol. The number of hydrogen-bond donors (Lipinski definition) is 0. The van der Waals surface area contributed by atoms with Crippen molar-refractivity contribution in [3.8, 4) is 12.1 Å². The van der Waals surface area contributed by atoms with E-state index < -0.39 is 5.60 Å². The molecule has 1 amide bonds. The molecule has 0 unspecified atom stereocenters. The van der Waals surface area contributed by atoms with Gasteiger partial charge in [0.05, 0.1) is 44.0 Å². The molecule has 236 valence electrons. The maximum absolute atomic E-state index is 13.1. The summed E-state index contributed by atoms with van der Waals surface area (Å²) in [7, 11) is 2.14. The second-order valence-corrected chi connectivity index (χ2v) is 13.4. The van der Waals surface area contributed by atoms with Crippen molar-refractivity contribution in [2.24, 2.45) is 0 Å². The monoisotopic (exact) mass is 603 g/mol. The van der Waals surface area contributed by atoms with Crippen LogP contribution in [0.25, 0.3) is 0 Å². The highest BCUT2D eigenvalue weighted by atomic mass is 16.6. The van der Waals surface area contributed by atoms with Crippen LogP contribution < -0.4 is 14.5 Å². The lowest BCUT2D eigenvalue weighted by atomic mass is 9.98. The lowest BCUT2D eigenvalue weighted by molar-refractivity contribution is 0.0144.